The van der Waals surface area contributed by atoms with E-state index in [0.717, 1.165) is 27.3 Å². The summed E-state index contributed by atoms with van der Waals surface area (Å²) >= 11 is 6.05. The van der Waals surface area contributed by atoms with E-state index in [1.54, 1.807) is 0 Å². The molecule has 0 aliphatic rings. The van der Waals surface area contributed by atoms with E-state index in [4.69, 9.17) is 21.3 Å². The van der Waals surface area contributed by atoms with E-state index in [-0.39, 0.29) is 5.97 Å². The van der Waals surface area contributed by atoms with E-state index in [0.29, 0.717) is 25.5 Å². The van der Waals surface area contributed by atoms with Gasteiger partial charge in [-0.15, -0.1) is 0 Å². The van der Waals surface area contributed by atoms with Crippen LogP contribution in [-0.2, 0) is 22.5 Å². The van der Waals surface area contributed by atoms with Crippen molar-refractivity contribution in [1.82, 2.24) is 9.55 Å². The Hall–Kier alpha value is -2.33. The van der Waals surface area contributed by atoms with E-state index in [1.165, 1.54) is 5.56 Å². The van der Waals surface area contributed by atoms with Crippen molar-refractivity contribution in [2.24, 2.45) is 5.41 Å². The van der Waals surface area contributed by atoms with Gasteiger partial charge in [-0.25, -0.2) is 4.98 Å². The number of hydrogen-bond donors (Lipinski definition) is 0. The monoisotopic (exact) mass is 412 g/mol. The Labute approximate surface area is 177 Å². The summed E-state index contributed by atoms with van der Waals surface area (Å²) in [4.78, 5) is 17.2. The van der Waals surface area contributed by atoms with Crippen LogP contribution in [0.4, 0.5) is 0 Å². The van der Waals surface area contributed by atoms with Gasteiger partial charge in [0.1, 0.15) is 5.65 Å². The number of hydrogen-bond acceptors (Lipinski definition) is 3. The van der Waals surface area contributed by atoms with Crippen molar-refractivity contribution in [1.29, 1.82) is 0 Å². The van der Waals surface area contributed by atoms with Crippen molar-refractivity contribution in [3.8, 4) is 0 Å². The Morgan fingerprint density at radius 3 is 2.52 bits per heavy atom. The van der Waals surface area contributed by atoms with Gasteiger partial charge in [-0.05, 0) is 62.1 Å². The van der Waals surface area contributed by atoms with Crippen LogP contribution < -0.4 is 0 Å². The van der Waals surface area contributed by atoms with Gasteiger partial charge < -0.3 is 9.30 Å². The molecule has 0 unspecified atom stereocenters. The number of pyridine rings is 1. The lowest BCUT2D eigenvalue weighted by Gasteiger charge is -2.23. The maximum atomic E-state index is 12.5. The molecule has 0 amide bonds. The molecule has 0 spiro atoms. The first-order valence-electron chi connectivity index (χ1n) is 10.1. The molecule has 0 aliphatic heterocycles. The number of fused-ring (bicyclic) bond motifs is 1. The molecule has 0 atom stereocenters. The van der Waals surface area contributed by atoms with Gasteiger partial charge in [0.05, 0.1) is 12.0 Å². The summed E-state index contributed by atoms with van der Waals surface area (Å²) in [7, 11) is 0. The summed E-state index contributed by atoms with van der Waals surface area (Å²) < 4.78 is 7.49. The average molecular weight is 413 g/mol. The van der Waals surface area contributed by atoms with Gasteiger partial charge in [-0.3, -0.25) is 4.79 Å². The fourth-order valence-corrected chi connectivity index (χ4v) is 3.61. The quantitative estimate of drug-likeness (QED) is 0.447. The number of aromatic nitrogens is 2. The van der Waals surface area contributed by atoms with E-state index in [9.17, 15) is 4.79 Å². The molecule has 0 N–H and O–H groups in total. The third-order valence-electron chi connectivity index (χ3n) is 5.21. The molecule has 0 bridgehead atoms. The Morgan fingerprint density at radius 2 is 1.90 bits per heavy atom. The molecular formula is C24H29ClN2O2. The molecule has 0 fully saturated rings. The third kappa shape index (κ3) is 4.81. The molecular weight excluding hydrogens is 384 g/mol. The Balaban J connectivity index is 2.05. The molecule has 2 heterocycles. The average Bonchev–Trinajstić information content (AvgIpc) is 2.99. The Bertz CT molecular complexity index is 1000. The van der Waals surface area contributed by atoms with E-state index in [1.807, 2.05) is 51.2 Å². The van der Waals surface area contributed by atoms with Crippen molar-refractivity contribution in [3.05, 3.63) is 64.4 Å². The van der Waals surface area contributed by atoms with Crippen molar-refractivity contribution < 1.29 is 9.53 Å². The minimum atomic E-state index is -0.622. The number of nitrogens with zero attached hydrogens (tertiary/aromatic N) is 2. The van der Waals surface area contributed by atoms with Crippen LogP contribution in [0.1, 0.15) is 57.4 Å². The molecule has 1 aromatic carbocycles. The molecule has 0 saturated heterocycles. The third-order valence-corrected chi connectivity index (χ3v) is 5.46. The van der Waals surface area contributed by atoms with Gasteiger partial charge in [-0.2, -0.15) is 0 Å². The normalized spacial score (nSPS) is 12.0. The highest BCUT2D eigenvalue weighted by Crippen LogP contribution is 2.30. The largest absolute Gasteiger partial charge is 0.466 e. The van der Waals surface area contributed by atoms with Crippen molar-refractivity contribution >= 4 is 28.6 Å². The van der Waals surface area contributed by atoms with Crippen LogP contribution >= 0.6 is 11.6 Å². The molecule has 0 aliphatic carbocycles. The van der Waals surface area contributed by atoms with Gasteiger partial charge in [0.25, 0.3) is 0 Å². The zero-order valence-electron chi connectivity index (χ0n) is 17.8. The topological polar surface area (TPSA) is 44.1 Å². The number of rotatable bonds is 7. The molecule has 3 rings (SSSR count). The predicted molar refractivity (Wildman–Crippen MR) is 118 cm³/mol. The van der Waals surface area contributed by atoms with Gasteiger partial charge in [0.15, 0.2) is 0 Å². The summed E-state index contributed by atoms with van der Waals surface area (Å²) in [5.74, 6) is 0.227. The molecule has 154 valence electrons. The summed E-state index contributed by atoms with van der Waals surface area (Å²) in [6.45, 7) is 11.1. The van der Waals surface area contributed by atoms with Crippen molar-refractivity contribution in [2.75, 3.05) is 6.61 Å². The molecule has 5 heteroatoms. The van der Waals surface area contributed by atoms with E-state index < -0.39 is 5.41 Å². The van der Waals surface area contributed by atoms with Crippen molar-refractivity contribution in [3.63, 3.8) is 0 Å². The summed E-state index contributed by atoms with van der Waals surface area (Å²) in [5.41, 5.74) is 3.72. The minimum Gasteiger partial charge on any atom is -0.466 e. The number of ether oxygens (including phenoxy) is 1. The minimum absolute atomic E-state index is 0.181. The Morgan fingerprint density at radius 1 is 1.21 bits per heavy atom. The predicted octanol–water partition coefficient (Wildman–Crippen LogP) is 5.99. The van der Waals surface area contributed by atoms with Crippen LogP contribution in [0, 0.1) is 5.41 Å². The highest BCUT2D eigenvalue weighted by molar-refractivity contribution is 6.30. The van der Waals surface area contributed by atoms with E-state index in [2.05, 4.69) is 30.5 Å². The van der Waals surface area contributed by atoms with Crippen LogP contribution in [0.2, 0.25) is 5.02 Å². The molecule has 29 heavy (non-hydrogen) atoms. The number of benzene rings is 1. The lowest BCUT2D eigenvalue weighted by Crippen LogP contribution is -2.30. The second-order valence-corrected chi connectivity index (χ2v) is 8.90. The highest BCUT2D eigenvalue weighted by atomic mass is 35.5. The van der Waals surface area contributed by atoms with Gasteiger partial charge in [-0.1, -0.05) is 37.6 Å². The zero-order valence-corrected chi connectivity index (χ0v) is 18.6. The van der Waals surface area contributed by atoms with Crippen LogP contribution in [0.25, 0.3) is 11.0 Å². The number of esters is 1. The van der Waals surface area contributed by atoms with Gasteiger partial charge in [0.2, 0.25) is 0 Å². The molecule has 0 radical (unpaired) electrons. The number of carbonyl (C=O) groups excluding carboxylic acids is 1. The fraction of sp³-hybridized carbons (Fsp3) is 0.417. The Kier molecular flexibility index (Phi) is 6.33. The first kappa shape index (κ1) is 21.4. The molecule has 0 saturated carbocycles. The summed E-state index contributed by atoms with van der Waals surface area (Å²) in [6.07, 6.45) is 2.53. The SMILES string of the molecule is CCOC(=O)C(C)(C)Cc1cc2cc(C(C)C)cnc2n1Cc1ccc(Cl)cc1. The molecule has 3 aromatic rings. The van der Waals surface area contributed by atoms with Crippen LogP contribution in [-0.4, -0.2) is 22.1 Å². The second-order valence-electron chi connectivity index (χ2n) is 8.47. The summed E-state index contributed by atoms with van der Waals surface area (Å²) in [5, 5.41) is 1.81. The lowest BCUT2D eigenvalue weighted by molar-refractivity contribution is -0.153. The lowest BCUT2D eigenvalue weighted by atomic mass is 9.87. The van der Waals surface area contributed by atoms with Crippen molar-refractivity contribution in [2.45, 2.75) is 53.5 Å². The highest BCUT2D eigenvalue weighted by Gasteiger charge is 2.31. The molecule has 4 nitrogen and oxygen atoms in total. The number of carbonyl (C=O) groups is 1. The van der Waals surface area contributed by atoms with Gasteiger partial charge >= 0.3 is 5.97 Å². The van der Waals surface area contributed by atoms with Crippen LogP contribution in [0.15, 0.2) is 42.6 Å². The standard InChI is InChI=1S/C24H29ClN2O2/c1-6-29-23(28)24(4,5)13-21-12-18-11-19(16(2)3)14-26-22(18)27(21)15-17-7-9-20(25)10-8-17/h7-12,14,16H,6,13,15H2,1-5H3. The van der Waals surface area contributed by atoms with E-state index >= 15 is 0 Å². The maximum Gasteiger partial charge on any atom is 0.311 e. The molecule has 2 aromatic heterocycles. The van der Waals surface area contributed by atoms with Gasteiger partial charge in [0, 0.05) is 35.3 Å². The number of halogens is 1. The maximum absolute atomic E-state index is 12.5. The zero-order chi connectivity index (χ0) is 21.2. The summed E-state index contributed by atoms with van der Waals surface area (Å²) in [6, 6.07) is 12.2. The van der Waals surface area contributed by atoms with Crippen LogP contribution in [0.3, 0.4) is 0 Å². The smallest absolute Gasteiger partial charge is 0.311 e. The second kappa shape index (κ2) is 8.58. The van der Waals surface area contributed by atoms with Crippen LogP contribution in [0.5, 0.6) is 0 Å². The first-order valence-corrected chi connectivity index (χ1v) is 10.5. The first-order chi connectivity index (χ1) is 13.7. The fourth-order valence-electron chi connectivity index (χ4n) is 3.48.